The van der Waals surface area contributed by atoms with Crippen molar-refractivity contribution < 1.29 is 22.7 Å². The Bertz CT molecular complexity index is 1200. The zero-order valence-corrected chi connectivity index (χ0v) is 18.5. The van der Waals surface area contributed by atoms with Crippen molar-refractivity contribution in [1.29, 1.82) is 0 Å². The predicted molar refractivity (Wildman–Crippen MR) is 121 cm³/mol. The van der Waals surface area contributed by atoms with E-state index in [0.29, 0.717) is 11.3 Å². The summed E-state index contributed by atoms with van der Waals surface area (Å²) in [6, 6.07) is 14.6. The van der Waals surface area contributed by atoms with Crippen LogP contribution in [0.1, 0.15) is 15.9 Å². The summed E-state index contributed by atoms with van der Waals surface area (Å²) in [5, 5.41) is 2.94. The zero-order valence-electron chi connectivity index (χ0n) is 17.7. The standard InChI is InChI=1S/C22H22N4O5S/c1-15-4-6-16(7-5-15)19(27)12-13-23-17-8-10-18(11-9-17)32(28,29)26-20-14-21(30-2)25-22(24-20)31-3/h4-14,23H,1-3H3,(H,24,25,26)/b13-12+. The topological polar surface area (TPSA) is 120 Å². The van der Waals surface area contributed by atoms with E-state index in [1.807, 2.05) is 19.1 Å². The maximum atomic E-state index is 12.7. The van der Waals surface area contributed by atoms with Gasteiger partial charge in [-0.05, 0) is 31.2 Å². The number of allylic oxidation sites excluding steroid dienone is 1. The van der Waals surface area contributed by atoms with Gasteiger partial charge in [-0.1, -0.05) is 29.8 Å². The van der Waals surface area contributed by atoms with Crippen LogP contribution >= 0.6 is 0 Å². The van der Waals surface area contributed by atoms with Crippen LogP contribution in [0.4, 0.5) is 11.5 Å². The molecular formula is C22H22N4O5S. The van der Waals surface area contributed by atoms with E-state index in [9.17, 15) is 13.2 Å². The maximum absolute atomic E-state index is 12.7. The van der Waals surface area contributed by atoms with Gasteiger partial charge in [0.05, 0.1) is 19.1 Å². The molecule has 166 valence electrons. The molecule has 1 heterocycles. The second kappa shape index (κ2) is 9.92. The minimum atomic E-state index is -3.90. The van der Waals surface area contributed by atoms with Gasteiger partial charge in [0.1, 0.15) is 0 Å². The number of aryl methyl sites for hydroxylation is 1. The first-order chi connectivity index (χ1) is 15.3. The van der Waals surface area contributed by atoms with E-state index in [0.717, 1.165) is 5.56 Å². The van der Waals surface area contributed by atoms with Gasteiger partial charge in [-0.25, -0.2) is 8.42 Å². The number of aromatic nitrogens is 2. The highest BCUT2D eigenvalue weighted by molar-refractivity contribution is 7.92. The molecule has 0 bridgehead atoms. The van der Waals surface area contributed by atoms with Crippen molar-refractivity contribution >= 4 is 27.3 Å². The molecule has 0 spiro atoms. The molecule has 0 aliphatic rings. The quantitative estimate of drug-likeness (QED) is 0.373. The average molecular weight is 455 g/mol. The summed E-state index contributed by atoms with van der Waals surface area (Å²) >= 11 is 0. The second-order valence-electron chi connectivity index (χ2n) is 6.62. The molecule has 32 heavy (non-hydrogen) atoms. The molecule has 1 aromatic heterocycles. The number of hydrogen-bond acceptors (Lipinski definition) is 8. The maximum Gasteiger partial charge on any atom is 0.321 e. The summed E-state index contributed by atoms with van der Waals surface area (Å²) in [7, 11) is -1.14. The Morgan fingerprint density at radius 3 is 2.28 bits per heavy atom. The molecule has 2 aromatic carbocycles. The third-order valence-corrected chi connectivity index (χ3v) is 5.67. The van der Waals surface area contributed by atoms with Crippen LogP contribution < -0.4 is 19.5 Å². The summed E-state index contributed by atoms with van der Waals surface area (Å²) in [5.74, 6) is 0.0196. The van der Waals surface area contributed by atoms with Crippen LogP contribution in [0.3, 0.4) is 0 Å². The van der Waals surface area contributed by atoms with Crippen molar-refractivity contribution in [2.24, 2.45) is 0 Å². The molecule has 0 fully saturated rings. The van der Waals surface area contributed by atoms with E-state index in [2.05, 4.69) is 20.0 Å². The molecule has 0 saturated heterocycles. The van der Waals surface area contributed by atoms with E-state index >= 15 is 0 Å². The van der Waals surface area contributed by atoms with Crippen molar-refractivity contribution in [3.8, 4) is 11.9 Å². The number of rotatable bonds is 9. The fraction of sp³-hybridized carbons (Fsp3) is 0.136. The Hall–Kier alpha value is -3.92. The van der Waals surface area contributed by atoms with Gasteiger partial charge in [0.2, 0.25) is 5.88 Å². The van der Waals surface area contributed by atoms with E-state index in [4.69, 9.17) is 9.47 Å². The molecular weight excluding hydrogens is 432 g/mol. The van der Waals surface area contributed by atoms with Crippen LogP contribution in [0, 0.1) is 6.92 Å². The largest absolute Gasteiger partial charge is 0.481 e. The smallest absolute Gasteiger partial charge is 0.321 e. The van der Waals surface area contributed by atoms with Crippen LogP contribution in [0.2, 0.25) is 0 Å². The highest BCUT2D eigenvalue weighted by Crippen LogP contribution is 2.21. The molecule has 2 N–H and O–H groups in total. The van der Waals surface area contributed by atoms with Gasteiger partial charge in [0, 0.05) is 29.6 Å². The highest BCUT2D eigenvalue weighted by Gasteiger charge is 2.16. The van der Waals surface area contributed by atoms with Crippen molar-refractivity contribution in [1.82, 2.24) is 9.97 Å². The number of carbonyl (C=O) groups excluding carboxylic acids is 1. The number of ketones is 1. The molecule has 3 rings (SSSR count). The van der Waals surface area contributed by atoms with Gasteiger partial charge in [-0.2, -0.15) is 9.97 Å². The summed E-state index contributed by atoms with van der Waals surface area (Å²) < 4.78 is 37.7. The van der Waals surface area contributed by atoms with Crippen LogP contribution in [0.25, 0.3) is 0 Å². The number of sulfonamides is 1. The number of carbonyl (C=O) groups is 1. The molecule has 0 unspecified atom stereocenters. The molecule has 0 radical (unpaired) electrons. The molecule has 3 aromatic rings. The number of nitrogens with one attached hydrogen (secondary N) is 2. The summed E-state index contributed by atoms with van der Waals surface area (Å²) in [6.45, 7) is 1.95. The van der Waals surface area contributed by atoms with Gasteiger partial charge < -0.3 is 14.8 Å². The normalized spacial score (nSPS) is 11.2. The van der Waals surface area contributed by atoms with Crippen molar-refractivity contribution in [2.75, 3.05) is 24.3 Å². The van der Waals surface area contributed by atoms with Crippen molar-refractivity contribution in [3.05, 3.63) is 78.0 Å². The highest BCUT2D eigenvalue weighted by atomic mass is 32.2. The molecule has 0 amide bonds. The number of methoxy groups -OCH3 is 2. The number of benzene rings is 2. The van der Waals surface area contributed by atoms with E-state index < -0.39 is 10.0 Å². The zero-order chi connectivity index (χ0) is 23.1. The molecule has 0 aliphatic heterocycles. The van der Waals surface area contributed by atoms with Crippen LogP contribution in [-0.4, -0.2) is 38.4 Å². The fourth-order valence-electron chi connectivity index (χ4n) is 2.61. The molecule has 0 saturated carbocycles. The SMILES string of the molecule is COc1cc(NS(=O)(=O)c2ccc(N/C=C/C(=O)c3ccc(C)cc3)cc2)nc(OC)n1. The molecule has 10 heteroatoms. The van der Waals surface area contributed by atoms with Crippen LogP contribution in [0.15, 0.2) is 71.8 Å². The summed E-state index contributed by atoms with van der Waals surface area (Å²) in [5.41, 5.74) is 2.27. The van der Waals surface area contributed by atoms with Gasteiger partial charge in [-0.15, -0.1) is 0 Å². The number of ether oxygens (including phenoxy) is 2. The molecule has 9 nitrogen and oxygen atoms in total. The van der Waals surface area contributed by atoms with Gasteiger partial charge in [0.25, 0.3) is 10.0 Å². The van der Waals surface area contributed by atoms with Gasteiger partial charge in [-0.3, -0.25) is 9.52 Å². The lowest BCUT2D eigenvalue weighted by molar-refractivity contribution is 0.104. The second-order valence-corrected chi connectivity index (χ2v) is 8.30. The minimum absolute atomic E-state index is 0.00783. The Labute approximate surface area is 186 Å². The minimum Gasteiger partial charge on any atom is -0.481 e. The van der Waals surface area contributed by atoms with Crippen LogP contribution in [0.5, 0.6) is 11.9 Å². The Morgan fingerprint density at radius 1 is 0.969 bits per heavy atom. The Morgan fingerprint density at radius 2 is 1.66 bits per heavy atom. The third kappa shape index (κ3) is 5.82. The Kier molecular flexibility index (Phi) is 7.06. The molecule has 0 atom stereocenters. The Balaban J connectivity index is 1.66. The summed E-state index contributed by atoms with van der Waals surface area (Å²) in [6.07, 6.45) is 2.91. The van der Waals surface area contributed by atoms with Gasteiger partial charge >= 0.3 is 6.01 Å². The lowest BCUT2D eigenvalue weighted by Crippen LogP contribution is -2.14. The molecule has 0 aliphatic carbocycles. The van der Waals surface area contributed by atoms with E-state index in [-0.39, 0.29) is 28.4 Å². The lowest BCUT2D eigenvalue weighted by Gasteiger charge is -2.10. The monoisotopic (exact) mass is 454 g/mol. The number of anilines is 2. The number of nitrogens with zero attached hydrogens (tertiary/aromatic N) is 2. The van der Waals surface area contributed by atoms with Crippen molar-refractivity contribution in [2.45, 2.75) is 11.8 Å². The van der Waals surface area contributed by atoms with E-state index in [1.165, 1.54) is 44.7 Å². The first-order valence-electron chi connectivity index (χ1n) is 9.45. The first-order valence-corrected chi connectivity index (χ1v) is 10.9. The fourth-order valence-corrected chi connectivity index (χ4v) is 3.60. The van der Waals surface area contributed by atoms with E-state index in [1.54, 1.807) is 24.3 Å². The number of hydrogen-bond donors (Lipinski definition) is 2. The third-order valence-electron chi connectivity index (χ3n) is 4.30. The van der Waals surface area contributed by atoms with Gasteiger partial charge in [0.15, 0.2) is 11.6 Å². The van der Waals surface area contributed by atoms with Crippen LogP contribution in [-0.2, 0) is 10.0 Å². The first kappa shape index (κ1) is 22.8. The predicted octanol–water partition coefficient (Wildman–Crippen LogP) is 3.41. The average Bonchev–Trinajstić information content (AvgIpc) is 2.79. The van der Waals surface area contributed by atoms with Crippen molar-refractivity contribution in [3.63, 3.8) is 0 Å². The lowest BCUT2D eigenvalue weighted by atomic mass is 10.1. The summed E-state index contributed by atoms with van der Waals surface area (Å²) in [4.78, 5) is 20.1.